The maximum atomic E-state index is 12.4. The van der Waals surface area contributed by atoms with E-state index in [-0.39, 0.29) is 10.6 Å². The van der Waals surface area contributed by atoms with Gasteiger partial charge in [0.2, 0.25) is 0 Å². The summed E-state index contributed by atoms with van der Waals surface area (Å²) < 4.78 is 10.7. The third kappa shape index (κ3) is 5.30. The lowest BCUT2D eigenvalue weighted by molar-refractivity contribution is -0.112. The molecule has 1 N–H and O–H groups in total. The fourth-order valence-corrected chi connectivity index (χ4v) is 2.98. The minimum Gasteiger partial charge on any atom is -0.491 e. The fraction of sp³-hybridized carbons (Fsp3) is 0.158. The van der Waals surface area contributed by atoms with E-state index in [0.29, 0.717) is 39.4 Å². The highest BCUT2D eigenvalue weighted by Gasteiger charge is 2.15. The predicted molar refractivity (Wildman–Crippen MR) is 108 cm³/mol. The molecule has 0 bridgehead atoms. The number of halogens is 3. The number of nitrogens with zero attached hydrogens (tertiary/aromatic N) is 1. The summed E-state index contributed by atoms with van der Waals surface area (Å²) in [6.45, 7) is 2.22. The predicted octanol–water partition coefficient (Wildman–Crippen LogP) is 5.60. The average molecular weight is 426 g/mol. The lowest BCUT2D eigenvalue weighted by atomic mass is 10.1. The summed E-state index contributed by atoms with van der Waals surface area (Å²) in [5, 5.41) is 12.9. The van der Waals surface area contributed by atoms with Gasteiger partial charge in [-0.3, -0.25) is 4.79 Å². The molecule has 0 aliphatic heterocycles. The number of nitriles is 1. The molecule has 0 unspecified atom stereocenters. The van der Waals surface area contributed by atoms with Crippen molar-refractivity contribution in [2.24, 2.45) is 0 Å². The molecule has 1 amide bonds. The molecular weight excluding hydrogens is 411 g/mol. The van der Waals surface area contributed by atoms with E-state index in [9.17, 15) is 10.1 Å². The molecule has 2 aromatic carbocycles. The zero-order valence-corrected chi connectivity index (χ0v) is 16.7. The van der Waals surface area contributed by atoms with Crippen LogP contribution in [0, 0.1) is 11.3 Å². The van der Waals surface area contributed by atoms with Crippen LogP contribution in [0.4, 0.5) is 5.69 Å². The lowest BCUT2D eigenvalue weighted by Crippen LogP contribution is -2.13. The van der Waals surface area contributed by atoms with Crippen molar-refractivity contribution >= 4 is 52.5 Å². The van der Waals surface area contributed by atoms with Gasteiger partial charge < -0.3 is 14.8 Å². The van der Waals surface area contributed by atoms with Crippen LogP contribution in [0.3, 0.4) is 0 Å². The van der Waals surface area contributed by atoms with E-state index in [2.05, 4.69) is 5.32 Å². The Kier molecular flexibility index (Phi) is 7.37. The van der Waals surface area contributed by atoms with E-state index in [0.717, 1.165) is 0 Å². The van der Waals surface area contributed by atoms with Crippen molar-refractivity contribution in [2.75, 3.05) is 19.0 Å². The third-order valence-electron chi connectivity index (χ3n) is 3.39. The van der Waals surface area contributed by atoms with Crippen molar-refractivity contribution in [1.82, 2.24) is 0 Å². The number of ether oxygens (including phenoxy) is 2. The summed E-state index contributed by atoms with van der Waals surface area (Å²) in [6.07, 6.45) is 1.40. The molecule has 0 aliphatic rings. The molecule has 0 atom stereocenters. The molecule has 0 aliphatic carbocycles. The van der Waals surface area contributed by atoms with Crippen LogP contribution >= 0.6 is 34.8 Å². The van der Waals surface area contributed by atoms with Gasteiger partial charge in [0.25, 0.3) is 5.91 Å². The van der Waals surface area contributed by atoms with Crippen molar-refractivity contribution in [3.63, 3.8) is 0 Å². The summed E-state index contributed by atoms with van der Waals surface area (Å²) in [7, 11) is 1.48. The lowest BCUT2D eigenvalue weighted by Gasteiger charge is -2.12. The topological polar surface area (TPSA) is 71.3 Å². The van der Waals surface area contributed by atoms with Gasteiger partial charge in [-0.1, -0.05) is 34.8 Å². The highest BCUT2D eigenvalue weighted by molar-refractivity contribution is 6.37. The van der Waals surface area contributed by atoms with Gasteiger partial charge in [0.05, 0.1) is 29.4 Å². The highest BCUT2D eigenvalue weighted by atomic mass is 35.5. The Balaban J connectivity index is 2.34. The summed E-state index contributed by atoms with van der Waals surface area (Å²) in [6, 6.07) is 9.69. The number of hydrogen-bond acceptors (Lipinski definition) is 4. The number of benzene rings is 2. The van der Waals surface area contributed by atoms with Gasteiger partial charge in [0, 0.05) is 5.02 Å². The zero-order valence-electron chi connectivity index (χ0n) is 14.5. The largest absolute Gasteiger partial charge is 0.491 e. The number of anilines is 1. The van der Waals surface area contributed by atoms with Crippen LogP contribution in [0.1, 0.15) is 12.5 Å². The fourth-order valence-electron chi connectivity index (χ4n) is 2.23. The van der Waals surface area contributed by atoms with E-state index in [1.54, 1.807) is 24.3 Å². The minimum atomic E-state index is -0.619. The first-order chi connectivity index (χ1) is 12.9. The smallest absolute Gasteiger partial charge is 0.266 e. The van der Waals surface area contributed by atoms with Gasteiger partial charge in [-0.2, -0.15) is 5.26 Å². The van der Waals surface area contributed by atoms with Crippen LogP contribution < -0.4 is 14.8 Å². The Morgan fingerprint density at radius 1 is 1.22 bits per heavy atom. The monoisotopic (exact) mass is 424 g/mol. The zero-order chi connectivity index (χ0) is 20.0. The van der Waals surface area contributed by atoms with Crippen LogP contribution in [0.15, 0.2) is 35.9 Å². The Morgan fingerprint density at radius 2 is 1.96 bits per heavy atom. The number of methoxy groups -OCH3 is 1. The van der Waals surface area contributed by atoms with Crippen molar-refractivity contribution < 1.29 is 14.3 Å². The summed E-state index contributed by atoms with van der Waals surface area (Å²) in [4.78, 5) is 12.4. The quantitative estimate of drug-likeness (QED) is 0.483. The number of carbonyl (C=O) groups excluding carboxylic acids is 1. The van der Waals surface area contributed by atoms with Crippen molar-refractivity contribution in [1.29, 1.82) is 5.26 Å². The number of hydrogen-bond donors (Lipinski definition) is 1. The van der Waals surface area contributed by atoms with Gasteiger partial charge in [-0.05, 0) is 48.9 Å². The van der Waals surface area contributed by atoms with Crippen molar-refractivity contribution in [3.8, 4) is 17.6 Å². The van der Waals surface area contributed by atoms with Gasteiger partial charge in [-0.15, -0.1) is 0 Å². The molecule has 0 saturated carbocycles. The SMILES string of the molecule is CCOc1cc(/C=C(\C#N)C(=O)Nc2ccc(Cl)cc2Cl)cc(Cl)c1OC. The summed E-state index contributed by atoms with van der Waals surface area (Å²) >= 11 is 18.1. The number of amides is 1. The molecule has 0 spiro atoms. The molecule has 0 fully saturated rings. The maximum absolute atomic E-state index is 12.4. The Morgan fingerprint density at radius 3 is 2.56 bits per heavy atom. The summed E-state index contributed by atoms with van der Waals surface area (Å²) in [5.74, 6) is 0.176. The third-order valence-corrected chi connectivity index (χ3v) is 4.22. The molecule has 0 radical (unpaired) electrons. The Hall–Kier alpha value is -2.39. The number of nitrogens with one attached hydrogen (secondary N) is 1. The summed E-state index contributed by atoms with van der Waals surface area (Å²) in [5.41, 5.74) is 0.720. The molecule has 8 heteroatoms. The van der Waals surface area contributed by atoms with E-state index in [4.69, 9.17) is 44.3 Å². The minimum absolute atomic E-state index is 0.135. The van der Waals surface area contributed by atoms with E-state index in [1.165, 1.54) is 19.3 Å². The number of rotatable bonds is 6. The molecule has 2 aromatic rings. The standard InChI is InChI=1S/C19H15Cl3N2O3/c1-3-27-17-8-11(7-15(22)18(17)26-2)6-12(10-23)19(25)24-16-5-4-13(20)9-14(16)21/h4-9H,3H2,1-2H3,(H,24,25)/b12-6+. The molecule has 140 valence electrons. The van der Waals surface area contributed by atoms with Crippen LogP contribution in [0.25, 0.3) is 6.08 Å². The van der Waals surface area contributed by atoms with Crippen molar-refractivity contribution in [2.45, 2.75) is 6.92 Å². The second kappa shape index (κ2) is 9.52. The first kappa shape index (κ1) is 20.9. The molecular formula is C19H15Cl3N2O3. The second-order valence-electron chi connectivity index (χ2n) is 5.22. The average Bonchev–Trinajstić information content (AvgIpc) is 2.62. The van der Waals surface area contributed by atoms with Crippen LogP contribution in [0.5, 0.6) is 11.5 Å². The molecule has 27 heavy (non-hydrogen) atoms. The van der Waals surface area contributed by atoms with E-state index >= 15 is 0 Å². The van der Waals surface area contributed by atoms with Gasteiger partial charge >= 0.3 is 0 Å². The Bertz CT molecular complexity index is 937. The van der Waals surface area contributed by atoms with E-state index < -0.39 is 5.91 Å². The van der Waals surface area contributed by atoms with Gasteiger partial charge in [0.1, 0.15) is 11.6 Å². The second-order valence-corrected chi connectivity index (χ2v) is 6.47. The molecule has 2 rings (SSSR count). The maximum Gasteiger partial charge on any atom is 0.266 e. The van der Waals surface area contributed by atoms with Crippen LogP contribution in [-0.4, -0.2) is 19.6 Å². The van der Waals surface area contributed by atoms with E-state index in [1.807, 2.05) is 13.0 Å². The molecule has 5 nitrogen and oxygen atoms in total. The first-order valence-corrected chi connectivity index (χ1v) is 8.91. The highest BCUT2D eigenvalue weighted by Crippen LogP contribution is 2.37. The molecule has 0 saturated heterocycles. The van der Waals surface area contributed by atoms with Crippen molar-refractivity contribution in [3.05, 3.63) is 56.5 Å². The normalized spacial score (nSPS) is 10.9. The van der Waals surface area contributed by atoms with Gasteiger partial charge in [0.15, 0.2) is 11.5 Å². The van der Waals surface area contributed by atoms with Crippen LogP contribution in [0.2, 0.25) is 15.1 Å². The molecule has 0 heterocycles. The molecule has 0 aromatic heterocycles. The van der Waals surface area contributed by atoms with Gasteiger partial charge in [-0.25, -0.2) is 0 Å². The van der Waals surface area contributed by atoms with Crippen LogP contribution in [-0.2, 0) is 4.79 Å². The number of carbonyl (C=O) groups is 1. The first-order valence-electron chi connectivity index (χ1n) is 7.78. The Labute approximate surface area is 172 Å².